The minimum absolute atomic E-state index is 0.459. The predicted octanol–water partition coefficient (Wildman–Crippen LogP) is 0.868. The van der Waals surface area contributed by atoms with Crippen LogP contribution >= 0.6 is 0 Å². The molecule has 0 aliphatic rings. The predicted molar refractivity (Wildman–Crippen MR) is 63.8 cm³/mol. The highest BCUT2D eigenvalue weighted by molar-refractivity contribution is 5.77. The standard InChI is InChI=1S/C12H18N2O3/c1-12(2,10(13)11(15)17-4)9-7-8(16-3)5-6-14-9/h5-7,10H,13H2,1-4H3. The van der Waals surface area contributed by atoms with Crippen LogP contribution in [0.15, 0.2) is 18.3 Å². The highest BCUT2D eigenvalue weighted by atomic mass is 16.5. The molecule has 1 heterocycles. The van der Waals surface area contributed by atoms with Gasteiger partial charge < -0.3 is 15.2 Å². The smallest absolute Gasteiger partial charge is 0.323 e. The van der Waals surface area contributed by atoms with Gasteiger partial charge in [0.05, 0.1) is 19.9 Å². The van der Waals surface area contributed by atoms with Crippen molar-refractivity contribution in [2.75, 3.05) is 14.2 Å². The third kappa shape index (κ3) is 2.74. The Bertz CT molecular complexity index is 404. The molecular formula is C12H18N2O3. The van der Waals surface area contributed by atoms with Crippen LogP contribution in [0, 0.1) is 0 Å². The first kappa shape index (κ1) is 13.4. The normalized spacial score (nSPS) is 13.0. The van der Waals surface area contributed by atoms with Crippen LogP contribution in [-0.4, -0.2) is 31.2 Å². The van der Waals surface area contributed by atoms with Crippen molar-refractivity contribution in [1.29, 1.82) is 0 Å². The van der Waals surface area contributed by atoms with Crippen molar-refractivity contribution in [1.82, 2.24) is 4.98 Å². The first-order valence-electron chi connectivity index (χ1n) is 5.27. The lowest BCUT2D eigenvalue weighted by molar-refractivity contribution is -0.143. The summed E-state index contributed by atoms with van der Waals surface area (Å²) in [5.41, 5.74) is 5.94. The molecule has 0 fully saturated rings. The third-order valence-corrected chi connectivity index (χ3v) is 2.86. The molecule has 0 spiro atoms. The van der Waals surface area contributed by atoms with E-state index in [4.69, 9.17) is 10.5 Å². The van der Waals surface area contributed by atoms with Crippen molar-refractivity contribution >= 4 is 5.97 Å². The van der Waals surface area contributed by atoms with Crippen molar-refractivity contribution < 1.29 is 14.3 Å². The van der Waals surface area contributed by atoms with Crippen LogP contribution in [0.5, 0.6) is 5.75 Å². The molecule has 94 valence electrons. The number of hydrogen-bond donors (Lipinski definition) is 1. The zero-order valence-electron chi connectivity index (χ0n) is 10.6. The summed E-state index contributed by atoms with van der Waals surface area (Å²) < 4.78 is 9.77. The summed E-state index contributed by atoms with van der Waals surface area (Å²) in [6.07, 6.45) is 1.62. The van der Waals surface area contributed by atoms with Gasteiger partial charge in [0, 0.05) is 17.7 Å². The summed E-state index contributed by atoms with van der Waals surface area (Å²) in [5, 5.41) is 0. The fourth-order valence-corrected chi connectivity index (χ4v) is 1.47. The van der Waals surface area contributed by atoms with Gasteiger partial charge in [0.2, 0.25) is 0 Å². The maximum Gasteiger partial charge on any atom is 0.323 e. The van der Waals surface area contributed by atoms with E-state index in [0.717, 1.165) is 0 Å². The van der Waals surface area contributed by atoms with E-state index in [1.807, 2.05) is 13.8 Å². The topological polar surface area (TPSA) is 74.4 Å². The SMILES string of the molecule is COC(=O)C(N)C(C)(C)c1cc(OC)ccn1. The van der Waals surface area contributed by atoms with E-state index in [1.165, 1.54) is 7.11 Å². The number of aromatic nitrogens is 1. The number of nitrogens with two attached hydrogens (primary N) is 1. The number of methoxy groups -OCH3 is 2. The van der Waals surface area contributed by atoms with E-state index >= 15 is 0 Å². The van der Waals surface area contributed by atoms with E-state index in [0.29, 0.717) is 11.4 Å². The monoisotopic (exact) mass is 238 g/mol. The number of carbonyl (C=O) groups excluding carboxylic acids is 1. The maximum atomic E-state index is 11.5. The number of hydrogen-bond acceptors (Lipinski definition) is 5. The van der Waals surface area contributed by atoms with E-state index in [2.05, 4.69) is 9.72 Å². The number of carbonyl (C=O) groups is 1. The molecule has 0 aromatic carbocycles. The molecule has 0 amide bonds. The molecule has 0 radical (unpaired) electrons. The molecule has 0 saturated carbocycles. The van der Waals surface area contributed by atoms with E-state index < -0.39 is 17.4 Å². The van der Waals surface area contributed by atoms with Gasteiger partial charge in [0.1, 0.15) is 11.8 Å². The third-order valence-electron chi connectivity index (χ3n) is 2.86. The Labute approximate surface area is 101 Å². The number of pyridine rings is 1. The molecule has 0 saturated heterocycles. The molecule has 1 rings (SSSR count). The van der Waals surface area contributed by atoms with Gasteiger partial charge in [-0.15, -0.1) is 0 Å². The molecule has 1 unspecified atom stereocenters. The summed E-state index contributed by atoms with van der Waals surface area (Å²) in [7, 11) is 2.89. The van der Waals surface area contributed by atoms with Gasteiger partial charge in [-0.25, -0.2) is 0 Å². The fourth-order valence-electron chi connectivity index (χ4n) is 1.47. The molecule has 17 heavy (non-hydrogen) atoms. The summed E-state index contributed by atoms with van der Waals surface area (Å²) in [5.74, 6) is 0.222. The maximum absolute atomic E-state index is 11.5. The van der Waals surface area contributed by atoms with Crippen LogP contribution in [-0.2, 0) is 14.9 Å². The number of ether oxygens (including phenoxy) is 2. The largest absolute Gasteiger partial charge is 0.497 e. The molecule has 1 aromatic heterocycles. The molecule has 0 bridgehead atoms. The van der Waals surface area contributed by atoms with Crippen LogP contribution in [0.3, 0.4) is 0 Å². The van der Waals surface area contributed by atoms with Crippen LogP contribution < -0.4 is 10.5 Å². The first-order valence-corrected chi connectivity index (χ1v) is 5.27. The van der Waals surface area contributed by atoms with Crippen molar-refractivity contribution in [3.8, 4) is 5.75 Å². The second-order valence-electron chi connectivity index (χ2n) is 4.30. The average Bonchev–Trinajstić information content (AvgIpc) is 2.36. The highest BCUT2D eigenvalue weighted by Gasteiger charge is 2.36. The van der Waals surface area contributed by atoms with Gasteiger partial charge in [0.25, 0.3) is 0 Å². The number of nitrogens with zero attached hydrogens (tertiary/aromatic N) is 1. The molecule has 5 nitrogen and oxygen atoms in total. The molecule has 1 aromatic rings. The zero-order valence-corrected chi connectivity index (χ0v) is 10.6. The van der Waals surface area contributed by atoms with Gasteiger partial charge in [-0.3, -0.25) is 9.78 Å². The summed E-state index contributed by atoms with van der Waals surface area (Å²) in [4.78, 5) is 15.7. The Morgan fingerprint density at radius 2 is 2.12 bits per heavy atom. The zero-order chi connectivity index (χ0) is 13.1. The van der Waals surface area contributed by atoms with E-state index in [-0.39, 0.29) is 0 Å². The summed E-state index contributed by atoms with van der Waals surface area (Å²) in [6.45, 7) is 3.69. The fraction of sp³-hybridized carbons (Fsp3) is 0.500. The first-order chi connectivity index (χ1) is 7.93. The van der Waals surface area contributed by atoms with Crippen LogP contribution in [0.1, 0.15) is 19.5 Å². The molecular weight excluding hydrogens is 220 g/mol. The molecule has 0 aliphatic heterocycles. The van der Waals surface area contributed by atoms with E-state index in [9.17, 15) is 4.79 Å². The lowest BCUT2D eigenvalue weighted by Gasteiger charge is -2.29. The Balaban J connectivity index is 3.06. The molecule has 0 aliphatic carbocycles. The van der Waals surface area contributed by atoms with Gasteiger partial charge in [-0.1, -0.05) is 13.8 Å². The number of rotatable bonds is 4. The average molecular weight is 238 g/mol. The van der Waals surface area contributed by atoms with Crippen molar-refractivity contribution in [3.05, 3.63) is 24.0 Å². The lowest BCUT2D eigenvalue weighted by Crippen LogP contribution is -2.47. The Kier molecular flexibility index (Phi) is 4.07. The quantitative estimate of drug-likeness (QED) is 0.788. The van der Waals surface area contributed by atoms with Crippen LogP contribution in [0.2, 0.25) is 0 Å². The van der Waals surface area contributed by atoms with Crippen LogP contribution in [0.4, 0.5) is 0 Å². The number of esters is 1. The van der Waals surface area contributed by atoms with Gasteiger partial charge in [0.15, 0.2) is 0 Å². The van der Waals surface area contributed by atoms with Crippen molar-refractivity contribution in [3.63, 3.8) is 0 Å². The van der Waals surface area contributed by atoms with Gasteiger partial charge in [-0.05, 0) is 6.07 Å². The minimum Gasteiger partial charge on any atom is -0.497 e. The lowest BCUT2D eigenvalue weighted by atomic mass is 9.81. The Morgan fingerprint density at radius 3 is 2.65 bits per heavy atom. The van der Waals surface area contributed by atoms with E-state index in [1.54, 1.807) is 25.4 Å². The highest BCUT2D eigenvalue weighted by Crippen LogP contribution is 2.27. The van der Waals surface area contributed by atoms with Crippen molar-refractivity contribution in [2.24, 2.45) is 5.73 Å². The molecule has 1 atom stereocenters. The minimum atomic E-state index is -0.771. The summed E-state index contributed by atoms with van der Waals surface area (Å²) in [6, 6.07) is 2.73. The van der Waals surface area contributed by atoms with Crippen molar-refractivity contribution in [2.45, 2.75) is 25.3 Å². The van der Waals surface area contributed by atoms with Crippen LogP contribution in [0.25, 0.3) is 0 Å². The second-order valence-corrected chi connectivity index (χ2v) is 4.30. The van der Waals surface area contributed by atoms with Gasteiger partial charge in [-0.2, -0.15) is 0 Å². The molecule has 2 N–H and O–H groups in total. The van der Waals surface area contributed by atoms with Gasteiger partial charge >= 0.3 is 5.97 Å². The summed E-state index contributed by atoms with van der Waals surface area (Å²) >= 11 is 0. The molecule has 5 heteroatoms. The Hall–Kier alpha value is -1.62. The Morgan fingerprint density at radius 1 is 1.47 bits per heavy atom. The second kappa shape index (κ2) is 5.14.